The lowest BCUT2D eigenvalue weighted by Crippen LogP contribution is -3.13. The summed E-state index contributed by atoms with van der Waals surface area (Å²) in [7, 11) is -3.92. The predicted molar refractivity (Wildman–Crippen MR) is 59.9 cm³/mol. The standard InChI is InChI=1S/C9H19N.CH4O3S/c1-3-6-9-7-5-8-10(9)4-2;1-5(2,3)4/h9H,3-8H2,1-2H3;1H3,(H,2,3,4). The second-order valence-corrected chi connectivity index (χ2v) is 5.50. The van der Waals surface area contributed by atoms with Crippen LogP contribution in [0.2, 0.25) is 0 Å². The van der Waals surface area contributed by atoms with Gasteiger partial charge in [0.15, 0.2) is 0 Å². The Balaban J connectivity index is 0.000000336. The molecule has 0 amide bonds. The highest BCUT2D eigenvalue weighted by Crippen LogP contribution is 2.05. The normalized spacial score (nSPS) is 25.9. The minimum absolute atomic E-state index is 0.604. The molecule has 2 unspecified atom stereocenters. The molecular formula is C10H23NO3S. The zero-order valence-corrected chi connectivity index (χ0v) is 10.8. The summed E-state index contributed by atoms with van der Waals surface area (Å²) in [5, 5.41) is 0. The average molecular weight is 237 g/mol. The first-order valence-electron chi connectivity index (χ1n) is 5.63. The van der Waals surface area contributed by atoms with Gasteiger partial charge in [-0.2, -0.15) is 0 Å². The number of rotatable bonds is 3. The summed E-state index contributed by atoms with van der Waals surface area (Å²) in [5.74, 6) is 0. The summed E-state index contributed by atoms with van der Waals surface area (Å²) in [6.07, 6.45) is 6.37. The number of likely N-dealkylation sites (tertiary alicyclic amines) is 1. The Morgan fingerprint density at radius 3 is 2.33 bits per heavy atom. The van der Waals surface area contributed by atoms with Crippen molar-refractivity contribution in [3.05, 3.63) is 0 Å². The van der Waals surface area contributed by atoms with E-state index in [0.717, 1.165) is 6.04 Å². The van der Waals surface area contributed by atoms with Gasteiger partial charge in [0.2, 0.25) is 0 Å². The van der Waals surface area contributed by atoms with E-state index in [1.54, 1.807) is 0 Å². The van der Waals surface area contributed by atoms with Crippen molar-refractivity contribution in [2.75, 3.05) is 19.3 Å². The molecule has 1 fully saturated rings. The molecular weight excluding hydrogens is 214 g/mol. The summed E-state index contributed by atoms with van der Waals surface area (Å²) >= 11 is 0. The molecule has 0 radical (unpaired) electrons. The fourth-order valence-corrected chi connectivity index (χ4v) is 2.15. The minimum Gasteiger partial charge on any atom is -0.748 e. The molecule has 15 heavy (non-hydrogen) atoms. The number of hydrogen-bond donors (Lipinski definition) is 1. The fraction of sp³-hybridized carbons (Fsp3) is 1.00. The van der Waals surface area contributed by atoms with E-state index >= 15 is 0 Å². The van der Waals surface area contributed by atoms with Gasteiger partial charge in [0.1, 0.15) is 0 Å². The minimum atomic E-state index is -3.92. The molecule has 0 aromatic rings. The van der Waals surface area contributed by atoms with E-state index < -0.39 is 10.1 Å². The molecule has 0 spiro atoms. The second-order valence-electron chi connectivity index (χ2n) is 4.09. The molecule has 0 aliphatic carbocycles. The van der Waals surface area contributed by atoms with Gasteiger partial charge in [0, 0.05) is 19.1 Å². The van der Waals surface area contributed by atoms with Crippen LogP contribution in [0.5, 0.6) is 0 Å². The van der Waals surface area contributed by atoms with E-state index in [2.05, 4.69) is 13.8 Å². The maximum absolute atomic E-state index is 9.08. The highest BCUT2D eigenvalue weighted by molar-refractivity contribution is 7.84. The molecule has 1 saturated heterocycles. The van der Waals surface area contributed by atoms with E-state index in [1.165, 1.54) is 38.8 Å². The third kappa shape index (κ3) is 8.84. The van der Waals surface area contributed by atoms with Crippen molar-refractivity contribution in [1.82, 2.24) is 0 Å². The number of hydrogen-bond acceptors (Lipinski definition) is 3. The molecule has 4 nitrogen and oxygen atoms in total. The third-order valence-corrected chi connectivity index (χ3v) is 2.72. The quantitative estimate of drug-likeness (QED) is 0.704. The lowest BCUT2D eigenvalue weighted by Gasteiger charge is -2.18. The van der Waals surface area contributed by atoms with Gasteiger partial charge in [-0.15, -0.1) is 0 Å². The summed E-state index contributed by atoms with van der Waals surface area (Å²) < 4.78 is 27.2. The summed E-state index contributed by atoms with van der Waals surface area (Å²) in [6.45, 7) is 7.38. The van der Waals surface area contributed by atoms with Gasteiger partial charge in [0.05, 0.1) is 29.2 Å². The van der Waals surface area contributed by atoms with Crippen molar-refractivity contribution < 1.29 is 17.9 Å². The van der Waals surface area contributed by atoms with Gasteiger partial charge in [-0.1, -0.05) is 13.3 Å². The third-order valence-electron chi connectivity index (χ3n) is 2.72. The summed E-state index contributed by atoms with van der Waals surface area (Å²) in [4.78, 5) is 1.85. The van der Waals surface area contributed by atoms with Crippen LogP contribution in [0.1, 0.15) is 39.5 Å². The van der Waals surface area contributed by atoms with Gasteiger partial charge >= 0.3 is 0 Å². The van der Waals surface area contributed by atoms with Gasteiger partial charge in [-0.3, -0.25) is 0 Å². The first-order valence-corrected chi connectivity index (χ1v) is 7.45. The Morgan fingerprint density at radius 1 is 1.40 bits per heavy atom. The molecule has 2 atom stereocenters. The Morgan fingerprint density at radius 2 is 1.93 bits per heavy atom. The first kappa shape index (κ1) is 14.9. The monoisotopic (exact) mass is 237 g/mol. The van der Waals surface area contributed by atoms with Crippen molar-refractivity contribution in [3.8, 4) is 0 Å². The molecule has 0 bridgehead atoms. The van der Waals surface area contributed by atoms with Crippen LogP contribution >= 0.6 is 0 Å². The van der Waals surface area contributed by atoms with Crippen LogP contribution in [0.15, 0.2) is 0 Å². The molecule has 1 rings (SSSR count). The molecule has 1 N–H and O–H groups in total. The van der Waals surface area contributed by atoms with Crippen LogP contribution < -0.4 is 4.90 Å². The van der Waals surface area contributed by atoms with Gasteiger partial charge in [-0.25, -0.2) is 8.42 Å². The summed E-state index contributed by atoms with van der Waals surface area (Å²) in [6, 6.07) is 1.01. The maximum atomic E-state index is 9.08. The van der Waals surface area contributed by atoms with E-state index in [4.69, 9.17) is 13.0 Å². The largest absolute Gasteiger partial charge is 0.748 e. The predicted octanol–water partition coefficient (Wildman–Crippen LogP) is 0.0151. The smallest absolute Gasteiger partial charge is 0.0916 e. The summed E-state index contributed by atoms with van der Waals surface area (Å²) in [5.41, 5.74) is 0. The van der Waals surface area contributed by atoms with Gasteiger partial charge < -0.3 is 9.45 Å². The van der Waals surface area contributed by atoms with Crippen LogP contribution in [0.3, 0.4) is 0 Å². The molecule has 1 aliphatic heterocycles. The van der Waals surface area contributed by atoms with Crippen LogP contribution in [0.4, 0.5) is 0 Å². The lowest BCUT2D eigenvalue weighted by molar-refractivity contribution is -0.910. The fourth-order valence-electron chi connectivity index (χ4n) is 2.15. The van der Waals surface area contributed by atoms with Crippen molar-refractivity contribution in [1.29, 1.82) is 0 Å². The first-order chi connectivity index (χ1) is 6.88. The Hall–Kier alpha value is -0.130. The van der Waals surface area contributed by atoms with Crippen molar-refractivity contribution in [3.63, 3.8) is 0 Å². The molecule has 92 valence electrons. The van der Waals surface area contributed by atoms with Crippen LogP contribution in [-0.2, 0) is 10.1 Å². The highest BCUT2D eigenvalue weighted by atomic mass is 32.2. The van der Waals surface area contributed by atoms with Crippen LogP contribution in [-0.4, -0.2) is 38.4 Å². The van der Waals surface area contributed by atoms with Crippen molar-refractivity contribution in [2.45, 2.75) is 45.6 Å². The zero-order valence-electron chi connectivity index (χ0n) is 9.95. The molecule has 5 heteroatoms. The highest BCUT2D eigenvalue weighted by Gasteiger charge is 2.25. The SMILES string of the molecule is CCCC1CCC[NH+]1CC.CS(=O)(=O)[O-]. The van der Waals surface area contributed by atoms with Crippen LogP contribution in [0, 0.1) is 0 Å². The van der Waals surface area contributed by atoms with Gasteiger partial charge in [0.25, 0.3) is 0 Å². The van der Waals surface area contributed by atoms with Crippen LogP contribution in [0.25, 0.3) is 0 Å². The number of quaternary nitrogens is 1. The van der Waals surface area contributed by atoms with Gasteiger partial charge in [-0.05, 0) is 13.3 Å². The van der Waals surface area contributed by atoms with E-state index in [9.17, 15) is 0 Å². The second kappa shape index (κ2) is 7.19. The molecule has 0 aromatic carbocycles. The maximum Gasteiger partial charge on any atom is 0.0916 e. The Labute approximate surface area is 93.4 Å². The molecule has 1 heterocycles. The molecule has 0 aromatic heterocycles. The average Bonchev–Trinajstić information content (AvgIpc) is 2.49. The topological polar surface area (TPSA) is 61.6 Å². The molecule has 1 aliphatic rings. The van der Waals surface area contributed by atoms with Crippen molar-refractivity contribution >= 4 is 10.1 Å². The molecule has 0 saturated carbocycles. The Kier molecular flexibility index (Phi) is 7.13. The number of nitrogens with one attached hydrogen (secondary N) is 1. The van der Waals surface area contributed by atoms with E-state index in [1.807, 2.05) is 4.90 Å². The lowest BCUT2D eigenvalue weighted by atomic mass is 10.1. The zero-order chi connectivity index (χ0) is 11.9. The van der Waals surface area contributed by atoms with Crippen molar-refractivity contribution in [2.24, 2.45) is 0 Å². The van der Waals surface area contributed by atoms with E-state index in [0.29, 0.717) is 6.26 Å². The Bertz CT molecular complexity index is 243. The van der Waals surface area contributed by atoms with E-state index in [-0.39, 0.29) is 0 Å².